The van der Waals surface area contributed by atoms with Gasteiger partial charge in [-0.15, -0.1) is 11.3 Å². The summed E-state index contributed by atoms with van der Waals surface area (Å²) in [6.45, 7) is 7.48. The molecule has 0 spiro atoms. The van der Waals surface area contributed by atoms with Gasteiger partial charge in [-0.1, -0.05) is 28.9 Å². The molecule has 5 aromatic rings. The SMILES string of the molecule is CC(C)N1CCC(NC(=O)c2cccn2Cc2cc(-c3ccc(Cl)s3)on2)CC1.COc1cccc(Cn2cccc2C(=O)O)c1. The first kappa shape index (κ1) is 33.1. The highest BCUT2D eigenvalue weighted by Crippen LogP contribution is 2.31. The lowest BCUT2D eigenvalue weighted by atomic mass is 10.0. The molecule has 2 N–H and O–H groups in total. The molecule has 6 rings (SSSR count). The van der Waals surface area contributed by atoms with Crippen LogP contribution in [0.2, 0.25) is 4.34 Å². The number of ether oxygens (including phenoxy) is 1. The number of halogens is 1. The number of hydrogen-bond acceptors (Lipinski definition) is 7. The van der Waals surface area contributed by atoms with E-state index < -0.39 is 5.97 Å². The van der Waals surface area contributed by atoms with E-state index in [1.165, 1.54) is 11.3 Å². The number of amides is 1. The van der Waals surface area contributed by atoms with Gasteiger partial charge in [0.2, 0.25) is 0 Å². The fraction of sp³-hybridized carbons (Fsp3) is 0.324. The minimum atomic E-state index is -0.919. The van der Waals surface area contributed by atoms with Crippen molar-refractivity contribution in [2.24, 2.45) is 0 Å². The second-order valence-corrected chi connectivity index (χ2v) is 13.1. The predicted octanol–water partition coefficient (Wildman–Crippen LogP) is 6.75. The molecule has 242 valence electrons. The number of carboxylic acids is 1. The minimum absolute atomic E-state index is 0.0354. The summed E-state index contributed by atoms with van der Waals surface area (Å²) in [4.78, 5) is 27.2. The molecule has 0 radical (unpaired) electrons. The average molecular weight is 664 g/mol. The number of likely N-dealkylation sites (tertiary alicyclic amines) is 1. The number of carboxylic acid groups (broad SMARTS) is 1. The Kier molecular flexibility index (Phi) is 11.0. The predicted molar refractivity (Wildman–Crippen MR) is 179 cm³/mol. The Balaban J connectivity index is 0.000000209. The van der Waals surface area contributed by atoms with Crippen molar-refractivity contribution in [3.05, 3.63) is 106 Å². The highest BCUT2D eigenvalue weighted by Gasteiger charge is 2.23. The summed E-state index contributed by atoms with van der Waals surface area (Å²) < 4.78 is 14.9. The third kappa shape index (κ3) is 8.48. The number of nitrogens with zero attached hydrogens (tertiary/aromatic N) is 4. The number of rotatable bonds is 10. The molecule has 0 unspecified atom stereocenters. The van der Waals surface area contributed by atoms with Crippen LogP contribution in [0.3, 0.4) is 0 Å². The van der Waals surface area contributed by atoms with E-state index in [-0.39, 0.29) is 17.6 Å². The number of benzene rings is 1. The van der Waals surface area contributed by atoms with Crippen LogP contribution in [0.1, 0.15) is 58.9 Å². The second kappa shape index (κ2) is 15.3. The van der Waals surface area contributed by atoms with Gasteiger partial charge < -0.3 is 33.7 Å². The van der Waals surface area contributed by atoms with Crippen LogP contribution < -0.4 is 10.1 Å². The van der Waals surface area contributed by atoms with Gasteiger partial charge in [0.05, 0.1) is 22.9 Å². The maximum atomic E-state index is 12.8. The maximum absolute atomic E-state index is 12.8. The average Bonchev–Trinajstić information content (AvgIpc) is 3.86. The Morgan fingerprint density at radius 1 is 1.02 bits per heavy atom. The summed E-state index contributed by atoms with van der Waals surface area (Å²) in [5, 5.41) is 16.3. The molecule has 1 fully saturated rings. The molecule has 0 saturated carbocycles. The maximum Gasteiger partial charge on any atom is 0.352 e. The normalized spacial score (nSPS) is 13.8. The molecule has 0 aliphatic carbocycles. The summed E-state index contributed by atoms with van der Waals surface area (Å²) in [5.74, 6) is 0.503. The number of piperidine rings is 1. The third-order valence-electron chi connectivity index (χ3n) is 7.90. The van der Waals surface area contributed by atoms with E-state index in [9.17, 15) is 9.59 Å². The number of hydrogen-bond donors (Lipinski definition) is 2. The largest absolute Gasteiger partial charge is 0.497 e. The molecule has 1 aliphatic rings. The van der Waals surface area contributed by atoms with Gasteiger partial charge in [0.15, 0.2) is 5.76 Å². The Morgan fingerprint density at radius 3 is 2.39 bits per heavy atom. The Hall–Kier alpha value is -4.32. The van der Waals surface area contributed by atoms with Crippen molar-refractivity contribution in [1.82, 2.24) is 24.5 Å². The number of aromatic nitrogens is 3. The quantitative estimate of drug-likeness (QED) is 0.170. The lowest BCUT2D eigenvalue weighted by Gasteiger charge is -2.34. The molecule has 0 atom stereocenters. The first-order valence-corrected chi connectivity index (χ1v) is 16.3. The molecular formula is C34H38ClN5O5S. The van der Waals surface area contributed by atoms with E-state index in [1.807, 2.05) is 65.4 Å². The number of aromatic carboxylic acids is 1. The zero-order chi connectivity index (χ0) is 32.6. The van der Waals surface area contributed by atoms with Crippen LogP contribution in [-0.4, -0.2) is 68.5 Å². The third-order valence-corrected chi connectivity index (χ3v) is 9.15. The van der Waals surface area contributed by atoms with E-state index >= 15 is 0 Å². The topological polar surface area (TPSA) is 115 Å². The highest BCUT2D eigenvalue weighted by molar-refractivity contribution is 7.19. The van der Waals surface area contributed by atoms with Crippen LogP contribution in [0.5, 0.6) is 5.75 Å². The van der Waals surface area contributed by atoms with Gasteiger partial charge in [0, 0.05) is 50.2 Å². The van der Waals surface area contributed by atoms with Crippen molar-refractivity contribution in [3.8, 4) is 16.4 Å². The number of nitrogens with one attached hydrogen (secondary N) is 1. The molecule has 4 aromatic heterocycles. The van der Waals surface area contributed by atoms with Crippen LogP contribution in [0.25, 0.3) is 10.6 Å². The summed E-state index contributed by atoms with van der Waals surface area (Å²) in [5.41, 5.74) is 2.69. The van der Waals surface area contributed by atoms with Crippen molar-refractivity contribution in [1.29, 1.82) is 0 Å². The Morgan fingerprint density at radius 2 is 1.74 bits per heavy atom. The molecule has 1 aliphatic heterocycles. The van der Waals surface area contributed by atoms with Gasteiger partial charge in [-0.05, 0) is 80.8 Å². The lowest BCUT2D eigenvalue weighted by Crippen LogP contribution is -2.46. The number of carbonyl (C=O) groups excluding carboxylic acids is 1. The standard InChI is InChI=1S/C21H25ClN4O2S.C13H13NO3/c1-14(2)25-10-7-15(8-11-25)23-21(27)17-4-3-9-26(17)13-16-12-18(28-24-16)19-5-6-20(22)29-19;1-17-11-5-2-4-10(8-11)9-14-7-3-6-12(14)13(15)16/h3-6,9,12,14-15H,7-8,10-11,13H2,1-2H3,(H,23,27);2-8H,9H2,1H3,(H,15,16). The van der Waals surface area contributed by atoms with Gasteiger partial charge in [-0.3, -0.25) is 4.79 Å². The summed E-state index contributed by atoms with van der Waals surface area (Å²) in [6, 6.07) is 21.0. The number of carbonyl (C=O) groups is 2. The summed E-state index contributed by atoms with van der Waals surface area (Å²) in [6.07, 6.45) is 5.62. The van der Waals surface area contributed by atoms with Crippen molar-refractivity contribution in [2.45, 2.75) is 51.9 Å². The highest BCUT2D eigenvalue weighted by atomic mass is 35.5. The van der Waals surface area contributed by atoms with E-state index in [4.69, 9.17) is 26.0 Å². The van der Waals surface area contributed by atoms with Crippen LogP contribution in [0.4, 0.5) is 0 Å². The lowest BCUT2D eigenvalue weighted by molar-refractivity contribution is 0.0685. The van der Waals surface area contributed by atoms with Crippen molar-refractivity contribution in [3.63, 3.8) is 0 Å². The molecule has 5 heterocycles. The van der Waals surface area contributed by atoms with Gasteiger partial charge in [0.1, 0.15) is 22.8 Å². The van der Waals surface area contributed by atoms with Crippen LogP contribution >= 0.6 is 22.9 Å². The molecule has 46 heavy (non-hydrogen) atoms. The van der Waals surface area contributed by atoms with Crippen molar-refractivity contribution in [2.75, 3.05) is 20.2 Å². The van der Waals surface area contributed by atoms with Gasteiger partial charge in [-0.2, -0.15) is 0 Å². The number of thiophene rings is 1. The Bertz CT molecular complexity index is 1750. The van der Waals surface area contributed by atoms with Crippen molar-refractivity contribution >= 4 is 34.8 Å². The van der Waals surface area contributed by atoms with Crippen molar-refractivity contribution < 1.29 is 24.0 Å². The van der Waals surface area contributed by atoms with Gasteiger partial charge in [0.25, 0.3) is 5.91 Å². The van der Waals surface area contributed by atoms with E-state index in [0.29, 0.717) is 34.9 Å². The molecule has 0 bridgehead atoms. The first-order chi connectivity index (χ1) is 22.2. The fourth-order valence-corrected chi connectivity index (χ4v) is 6.41. The van der Waals surface area contributed by atoms with Crippen LogP contribution in [0.15, 0.2) is 83.6 Å². The first-order valence-electron chi connectivity index (χ1n) is 15.1. The molecule has 1 aromatic carbocycles. The molecule has 12 heteroatoms. The summed E-state index contributed by atoms with van der Waals surface area (Å²) >= 11 is 7.45. The zero-order valence-corrected chi connectivity index (χ0v) is 27.6. The molecule has 10 nitrogen and oxygen atoms in total. The number of methoxy groups -OCH3 is 1. The van der Waals surface area contributed by atoms with E-state index in [0.717, 1.165) is 47.8 Å². The molecule has 1 saturated heterocycles. The van der Waals surface area contributed by atoms with Gasteiger partial charge >= 0.3 is 5.97 Å². The monoisotopic (exact) mass is 663 g/mol. The minimum Gasteiger partial charge on any atom is -0.497 e. The van der Waals surface area contributed by atoms with Gasteiger partial charge in [-0.25, -0.2) is 4.79 Å². The zero-order valence-electron chi connectivity index (χ0n) is 26.1. The van der Waals surface area contributed by atoms with Crippen LogP contribution in [-0.2, 0) is 13.1 Å². The summed E-state index contributed by atoms with van der Waals surface area (Å²) in [7, 11) is 1.61. The molecular weight excluding hydrogens is 626 g/mol. The second-order valence-electron chi connectivity index (χ2n) is 11.4. The van der Waals surface area contributed by atoms with E-state index in [1.54, 1.807) is 30.0 Å². The van der Waals surface area contributed by atoms with E-state index in [2.05, 4.69) is 29.2 Å². The fourth-order valence-electron chi connectivity index (χ4n) is 5.41. The molecule has 1 amide bonds. The Labute approximate surface area is 277 Å². The van der Waals surface area contributed by atoms with Crippen LogP contribution in [0, 0.1) is 0 Å². The smallest absolute Gasteiger partial charge is 0.352 e.